The fourth-order valence-electron chi connectivity index (χ4n) is 1.59. The smallest absolute Gasteiger partial charge is 0.275 e. The topological polar surface area (TPSA) is 55.1 Å². The van der Waals surface area contributed by atoms with E-state index >= 15 is 0 Å². The van der Waals surface area contributed by atoms with E-state index in [1.807, 2.05) is 24.3 Å². The molecule has 17 heavy (non-hydrogen) atoms. The molecule has 0 saturated heterocycles. The Balaban J connectivity index is 2.43. The van der Waals surface area contributed by atoms with Crippen molar-refractivity contribution >= 4 is 0 Å². The molecule has 2 rings (SSSR count). The maximum Gasteiger partial charge on any atom is 0.275 e. The Morgan fingerprint density at radius 1 is 1.24 bits per heavy atom. The van der Waals surface area contributed by atoms with Crippen LogP contribution in [0.25, 0.3) is 5.69 Å². The summed E-state index contributed by atoms with van der Waals surface area (Å²) in [5, 5.41) is 13.0. The Bertz CT molecular complexity index is 571. The van der Waals surface area contributed by atoms with Crippen molar-refractivity contribution in [2.75, 3.05) is 0 Å². The van der Waals surface area contributed by atoms with Crippen molar-refractivity contribution in [1.29, 1.82) is 0 Å². The maximum atomic E-state index is 11.6. The summed E-state index contributed by atoms with van der Waals surface area (Å²) < 4.78 is 1.25. The van der Waals surface area contributed by atoms with Crippen molar-refractivity contribution < 1.29 is 5.11 Å². The molecule has 0 spiro atoms. The lowest BCUT2D eigenvalue weighted by molar-refractivity contribution is 0.467. The Hall–Kier alpha value is -2.10. The number of nitrogens with zero attached hydrogens (tertiary/aromatic N) is 2. The third kappa shape index (κ3) is 2.36. The van der Waals surface area contributed by atoms with Crippen LogP contribution in [-0.2, 0) is 0 Å². The number of aromatic hydroxyl groups is 1. The molecule has 0 amide bonds. The van der Waals surface area contributed by atoms with E-state index in [1.165, 1.54) is 16.4 Å². The van der Waals surface area contributed by atoms with E-state index in [-0.39, 0.29) is 11.3 Å². The SMILES string of the molecule is CC(C)c1ccc(-n2ncc(O)cc2=O)cc1. The van der Waals surface area contributed by atoms with Crippen LogP contribution in [0.15, 0.2) is 41.3 Å². The van der Waals surface area contributed by atoms with E-state index in [4.69, 9.17) is 5.11 Å². The Kier molecular flexibility index (Phi) is 2.95. The molecule has 0 aliphatic rings. The van der Waals surface area contributed by atoms with Crippen LogP contribution < -0.4 is 5.56 Å². The summed E-state index contributed by atoms with van der Waals surface area (Å²) in [6, 6.07) is 8.78. The minimum Gasteiger partial charge on any atom is -0.506 e. The summed E-state index contributed by atoms with van der Waals surface area (Å²) in [5.74, 6) is 0.332. The first-order chi connectivity index (χ1) is 8.08. The predicted octanol–water partition coefficient (Wildman–Crippen LogP) is 2.06. The fraction of sp³-hybridized carbons (Fsp3) is 0.231. The van der Waals surface area contributed by atoms with Crippen molar-refractivity contribution in [2.24, 2.45) is 0 Å². The van der Waals surface area contributed by atoms with Gasteiger partial charge in [0.1, 0.15) is 5.75 Å². The molecule has 0 fully saturated rings. The average molecular weight is 230 g/mol. The highest BCUT2D eigenvalue weighted by molar-refractivity contribution is 5.35. The average Bonchev–Trinajstić information content (AvgIpc) is 2.29. The molecule has 1 N–H and O–H groups in total. The minimum atomic E-state index is -0.345. The minimum absolute atomic E-state index is 0.120. The highest BCUT2D eigenvalue weighted by atomic mass is 16.3. The summed E-state index contributed by atoms with van der Waals surface area (Å²) in [6.45, 7) is 4.22. The fourth-order valence-corrected chi connectivity index (χ4v) is 1.59. The van der Waals surface area contributed by atoms with Gasteiger partial charge in [-0.3, -0.25) is 4.79 Å². The van der Waals surface area contributed by atoms with Crippen molar-refractivity contribution in [3.63, 3.8) is 0 Å². The van der Waals surface area contributed by atoms with Crippen LogP contribution in [0, 0.1) is 0 Å². The van der Waals surface area contributed by atoms with E-state index in [1.54, 1.807) is 0 Å². The second-order valence-corrected chi connectivity index (χ2v) is 4.21. The molecule has 1 heterocycles. The molecule has 1 aromatic heterocycles. The highest BCUT2D eigenvalue weighted by Crippen LogP contribution is 2.15. The Morgan fingerprint density at radius 2 is 1.88 bits per heavy atom. The van der Waals surface area contributed by atoms with E-state index in [0.29, 0.717) is 11.6 Å². The monoisotopic (exact) mass is 230 g/mol. The molecular weight excluding hydrogens is 216 g/mol. The summed E-state index contributed by atoms with van der Waals surface area (Å²) in [4.78, 5) is 11.6. The summed E-state index contributed by atoms with van der Waals surface area (Å²) in [6.07, 6.45) is 1.25. The van der Waals surface area contributed by atoms with Gasteiger partial charge in [-0.2, -0.15) is 9.78 Å². The zero-order chi connectivity index (χ0) is 12.4. The van der Waals surface area contributed by atoms with Gasteiger partial charge in [0, 0.05) is 6.07 Å². The second kappa shape index (κ2) is 4.41. The van der Waals surface area contributed by atoms with Gasteiger partial charge in [0.05, 0.1) is 11.9 Å². The van der Waals surface area contributed by atoms with Gasteiger partial charge < -0.3 is 5.11 Å². The number of rotatable bonds is 2. The van der Waals surface area contributed by atoms with Crippen molar-refractivity contribution in [1.82, 2.24) is 9.78 Å². The zero-order valence-corrected chi connectivity index (χ0v) is 9.79. The Morgan fingerprint density at radius 3 is 2.41 bits per heavy atom. The molecule has 88 valence electrons. The van der Waals surface area contributed by atoms with Crippen LogP contribution in [0.4, 0.5) is 0 Å². The molecule has 1 aromatic carbocycles. The van der Waals surface area contributed by atoms with Gasteiger partial charge in [-0.1, -0.05) is 26.0 Å². The first-order valence-electron chi connectivity index (χ1n) is 5.46. The van der Waals surface area contributed by atoms with Gasteiger partial charge in [0.25, 0.3) is 5.56 Å². The molecule has 0 saturated carbocycles. The van der Waals surface area contributed by atoms with Crippen molar-refractivity contribution in [2.45, 2.75) is 19.8 Å². The van der Waals surface area contributed by atoms with Crippen LogP contribution in [0.5, 0.6) is 5.75 Å². The second-order valence-electron chi connectivity index (χ2n) is 4.21. The van der Waals surface area contributed by atoms with Crippen LogP contribution in [-0.4, -0.2) is 14.9 Å². The van der Waals surface area contributed by atoms with E-state index in [9.17, 15) is 4.79 Å². The van der Waals surface area contributed by atoms with E-state index in [0.717, 1.165) is 6.07 Å². The largest absolute Gasteiger partial charge is 0.506 e. The van der Waals surface area contributed by atoms with Gasteiger partial charge in [-0.25, -0.2) is 0 Å². The quantitative estimate of drug-likeness (QED) is 0.859. The lowest BCUT2D eigenvalue weighted by Crippen LogP contribution is -2.19. The van der Waals surface area contributed by atoms with E-state index < -0.39 is 0 Å². The molecule has 0 atom stereocenters. The first-order valence-corrected chi connectivity index (χ1v) is 5.46. The molecular formula is C13H14N2O2. The van der Waals surface area contributed by atoms with E-state index in [2.05, 4.69) is 18.9 Å². The molecule has 0 unspecified atom stereocenters. The predicted molar refractivity (Wildman–Crippen MR) is 65.6 cm³/mol. The van der Waals surface area contributed by atoms with Gasteiger partial charge >= 0.3 is 0 Å². The van der Waals surface area contributed by atoms with Crippen molar-refractivity contribution in [3.8, 4) is 11.4 Å². The molecule has 4 nitrogen and oxygen atoms in total. The lowest BCUT2D eigenvalue weighted by atomic mass is 10.0. The van der Waals surface area contributed by atoms with Crippen molar-refractivity contribution in [3.05, 3.63) is 52.4 Å². The molecule has 2 aromatic rings. The third-order valence-electron chi connectivity index (χ3n) is 2.59. The van der Waals surface area contributed by atoms with Crippen LogP contribution in [0.3, 0.4) is 0 Å². The summed E-state index contributed by atoms with van der Waals surface area (Å²) in [7, 11) is 0. The summed E-state index contributed by atoms with van der Waals surface area (Å²) >= 11 is 0. The molecule has 0 bridgehead atoms. The van der Waals surface area contributed by atoms with Gasteiger partial charge in [-0.05, 0) is 23.6 Å². The lowest BCUT2D eigenvalue weighted by Gasteiger charge is -2.07. The number of aromatic nitrogens is 2. The number of hydrogen-bond acceptors (Lipinski definition) is 3. The van der Waals surface area contributed by atoms with Gasteiger partial charge in [-0.15, -0.1) is 0 Å². The standard InChI is InChI=1S/C13H14N2O2/c1-9(2)10-3-5-11(6-4-10)15-13(17)7-12(16)8-14-15/h3-9,16H,1-2H3. The molecule has 0 aliphatic carbocycles. The van der Waals surface area contributed by atoms with Gasteiger partial charge in [0.15, 0.2) is 0 Å². The first kappa shape index (κ1) is 11.4. The number of benzene rings is 1. The highest BCUT2D eigenvalue weighted by Gasteiger charge is 2.03. The zero-order valence-electron chi connectivity index (χ0n) is 9.79. The van der Waals surface area contributed by atoms with Gasteiger partial charge in [0.2, 0.25) is 0 Å². The molecule has 0 aliphatic heterocycles. The maximum absolute atomic E-state index is 11.6. The Labute approximate surface area is 99.2 Å². The van der Waals surface area contributed by atoms with Crippen LogP contribution >= 0.6 is 0 Å². The van der Waals surface area contributed by atoms with Crippen LogP contribution in [0.1, 0.15) is 25.3 Å². The van der Waals surface area contributed by atoms with Crippen LogP contribution in [0.2, 0.25) is 0 Å². The summed E-state index contributed by atoms with van der Waals surface area (Å²) in [5.41, 5.74) is 1.56. The normalized spacial score (nSPS) is 10.8. The number of hydrogen-bond donors (Lipinski definition) is 1. The molecule has 4 heteroatoms. The molecule has 0 radical (unpaired) electrons. The third-order valence-corrected chi connectivity index (χ3v) is 2.59.